The van der Waals surface area contributed by atoms with Gasteiger partial charge in [0.2, 0.25) is 0 Å². The zero-order chi connectivity index (χ0) is 13.7. The van der Waals surface area contributed by atoms with Crippen molar-refractivity contribution in [3.63, 3.8) is 0 Å². The number of carbonyl (C=O) groups excluding carboxylic acids is 2. The minimum absolute atomic E-state index is 0.0178. The van der Waals surface area contributed by atoms with Crippen molar-refractivity contribution in [1.82, 2.24) is 4.90 Å². The zero-order valence-corrected chi connectivity index (χ0v) is 11.1. The molecule has 0 amide bonds. The maximum atomic E-state index is 11.7. The lowest BCUT2D eigenvalue weighted by molar-refractivity contribution is -0.141. The first-order chi connectivity index (χ1) is 9.19. The average molecular weight is 266 g/mol. The quantitative estimate of drug-likeness (QED) is 0.694. The summed E-state index contributed by atoms with van der Waals surface area (Å²) in [5.74, 6) is 0.284. The van der Waals surface area contributed by atoms with Crippen molar-refractivity contribution in [3.05, 3.63) is 11.9 Å². The van der Waals surface area contributed by atoms with Crippen molar-refractivity contribution in [3.8, 4) is 0 Å². The topological polar surface area (TPSA) is 68.2 Å². The van der Waals surface area contributed by atoms with E-state index >= 15 is 0 Å². The molecule has 1 saturated heterocycles. The van der Waals surface area contributed by atoms with Gasteiger partial charge in [0.05, 0.1) is 26.2 Å². The molecule has 0 spiro atoms. The van der Waals surface area contributed by atoms with Gasteiger partial charge in [-0.1, -0.05) is 0 Å². The number of aliphatic imine (C=N–C) groups is 1. The van der Waals surface area contributed by atoms with E-state index in [1.54, 1.807) is 13.0 Å². The third-order valence-corrected chi connectivity index (χ3v) is 2.93. The highest BCUT2D eigenvalue weighted by atomic mass is 16.5. The summed E-state index contributed by atoms with van der Waals surface area (Å²) < 4.78 is 10.1. The molecule has 0 aromatic heterocycles. The van der Waals surface area contributed by atoms with Crippen LogP contribution in [0.1, 0.15) is 19.8 Å². The Morgan fingerprint density at radius 1 is 1.47 bits per heavy atom. The van der Waals surface area contributed by atoms with Crippen molar-refractivity contribution in [2.24, 2.45) is 4.99 Å². The van der Waals surface area contributed by atoms with E-state index in [-0.39, 0.29) is 24.6 Å². The molecule has 0 bridgehead atoms. The van der Waals surface area contributed by atoms with Crippen LogP contribution in [0.5, 0.6) is 0 Å². The number of esters is 1. The van der Waals surface area contributed by atoms with E-state index in [4.69, 9.17) is 9.47 Å². The SMILES string of the molecule is CCOC(=O)CC1=NC(N2CCOCC2)=CC(=O)C1. The van der Waals surface area contributed by atoms with E-state index in [1.165, 1.54) is 0 Å². The van der Waals surface area contributed by atoms with Crippen LogP contribution in [0.2, 0.25) is 0 Å². The summed E-state index contributed by atoms with van der Waals surface area (Å²) in [5, 5.41) is 0. The number of hydrogen-bond donors (Lipinski definition) is 0. The van der Waals surface area contributed by atoms with Crippen molar-refractivity contribution < 1.29 is 19.1 Å². The smallest absolute Gasteiger partial charge is 0.311 e. The molecule has 2 aliphatic rings. The molecule has 0 aromatic carbocycles. The fourth-order valence-corrected chi connectivity index (χ4v) is 2.07. The molecule has 1 fully saturated rings. The Hall–Kier alpha value is -1.69. The lowest BCUT2D eigenvalue weighted by Gasteiger charge is -2.30. The van der Waals surface area contributed by atoms with Crippen LogP contribution < -0.4 is 0 Å². The fourth-order valence-electron chi connectivity index (χ4n) is 2.07. The summed E-state index contributed by atoms with van der Waals surface area (Å²) in [6.45, 7) is 4.80. The molecule has 2 aliphatic heterocycles. The van der Waals surface area contributed by atoms with Gasteiger partial charge in [-0.25, -0.2) is 4.99 Å². The largest absolute Gasteiger partial charge is 0.466 e. The normalized spacial score (nSPS) is 19.8. The third-order valence-electron chi connectivity index (χ3n) is 2.93. The molecule has 6 nitrogen and oxygen atoms in total. The molecule has 2 heterocycles. The van der Waals surface area contributed by atoms with E-state index in [9.17, 15) is 9.59 Å². The standard InChI is InChI=1S/C13H18N2O4/c1-2-19-13(17)8-10-7-11(16)9-12(14-10)15-3-5-18-6-4-15/h9H,2-8H2,1H3. The van der Waals surface area contributed by atoms with Crippen LogP contribution in [0, 0.1) is 0 Å². The van der Waals surface area contributed by atoms with Crippen molar-refractivity contribution in [2.75, 3.05) is 32.9 Å². The number of ketones is 1. The predicted molar refractivity (Wildman–Crippen MR) is 68.8 cm³/mol. The first kappa shape index (κ1) is 13.7. The van der Waals surface area contributed by atoms with Crippen LogP contribution in [0.15, 0.2) is 16.9 Å². The Balaban J connectivity index is 2.04. The molecule has 0 radical (unpaired) electrons. The molecule has 0 saturated carbocycles. The summed E-state index contributed by atoms with van der Waals surface area (Å²) in [5.41, 5.74) is 0.576. The Kier molecular flexibility index (Phi) is 4.68. The van der Waals surface area contributed by atoms with Gasteiger partial charge in [-0.15, -0.1) is 0 Å². The van der Waals surface area contributed by atoms with Crippen LogP contribution >= 0.6 is 0 Å². The Bertz CT molecular complexity index is 422. The van der Waals surface area contributed by atoms with Crippen molar-refractivity contribution >= 4 is 17.5 Å². The Morgan fingerprint density at radius 2 is 2.21 bits per heavy atom. The number of carbonyl (C=O) groups is 2. The molecule has 6 heteroatoms. The van der Waals surface area contributed by atoms with Crippen molar-refractivity contribution in [2.45, 2.75) is 19.8 Å². The minimum Gasteiger partial charge on any atom is -0.466 e. The van der Waals surface area contributed by atoms with Crippen LogP contribution in [-0.4, -0.2) is 55.3 Å². The van der Waals surface area contributed by atoms with Gasteiger partial charge >= 0.3 is 5.97 Å². The molecule has 19 heavy (non-hydrogen) atoms. The van der Waals surface area contributed by atoms with Crippen LogP contribution in [0.3, 0.4) is 0 Å². The molecule has 0 aliphatic carbocycles. The number of ether oxygens (including phenoxy) is 2. The number of allylic oxidation sites excluding steroid dienone is 1. The highest BCUT2D eigenvalue weighted by Crippen LogP contribution is 2.16. The number of morpholine rings is 1. The maximum absolute atomic E-state index is 11.7. The fraction of sp³-hybridized carbons (Fsp3) is 0.615. The second kappa shape index (κ2) is 6.47. The van der Waals surface area contributed by atoms with Gasteiger partial charge in [-0.05, 0) is 6.92 Å². The second-order valence-electron chi connectivity index (χ2n) is 4.40. The third kappa shape index (κ3) is 3.89. The predicted octanol–water partition coefficient (Wildman–Crippen LogP) is 0.527. The lowest BCUT2D eigenvalue weighted by Crippen LogP contribution is -2.36. The first-order valence-electron chi connectivity index (χ1n) is 6.48. The molecular weight excluding hydrogens is 248 g/mol. The Morgan fingerprint density at radius 3 is 2.89 bits per heavy atom. The molecule has 0 N–H and O–H groups in total. The van der Waals surface area contributed by atoms with Gasteiger partial charge in [0.1, 0.15) is 5.82 Å². The summed E-state index contributed by atoms with van der Waals surface area (Å²) in [4.78, 5) is 29.5. The first-order valence-corrected chi connectivity index (χ1v) is 6.48. The van der Waals surface area contributed by atoms with Crippen LogP contribution in [0.4, 0.5) is 0 Å². The molecule has 2 rings (SSSR count). The molecular formula is C13H18N2O4. The summed E-state index contributed by atoms with van der Waals surface area (Å²) in [7, 11) is 0. The molecule has 0 atom stereocenters. The highest BCUT2D eigenvalue weighted by molar-refractivity contribution is 6.13. The van der Waals surface area contributed by atoms with E-state index in [0.717, 1.165) is 13.1 Å². The molecule has 104 valence electrons. The van der Waals surface area contributed by atoms with E-state index in [2.05, 4.69) is 4.99 Å². The monoisotopic (exact) mass is 266 g/mol. The number of rotatable bonds is 4. The van der Waals surface area contributed by atoms with E-state index in [1.807, 2.05) is 4.90 Å². The van der Waals surface area contributed by atoms with Gasteiger partial charge in [0, 0.05) is 31.3 Å². The average Bonchev–Trinajstić information content (AvgIpc) is 2.39. The summed E-state index contributed by atoms with van der Waals surface area (Å²) >= 11 is 0. The molecule has 0 aromatic rings. The minimum atomic E-state index is -0.336. The zero-order valence-electron chi connectivity index (χ0n) is 11.1. The second-order valence-corrected chi connectivity index (χ2v) is 4.40. The Labute approximate surface area is 112 Å². The maximum Gasteiger partial charge on any atom is 0.311 e. The summed E-state index contributed by atoms with van der Waals surface area (Å²) in [6, 6.07) is 0. The lowest BCUT2D eigenvalue weighted by atomic mass is 10.1. The van der Waals surface area contributed by atoms with E-state index < -0.39 is 0 Å². The van der Waals surface area contributed by atoms with Gasteiger partial charge in [0.15, 0.2) is 5.78 Å². The van der Waals surface area contributed by atoms with E-state index in [0.29, 0.717) is 31.4 Å². The van der Waals surface area contributed by atoms with Gasteiger partial charge < -0.3 is 14.4 Å². The number of hydrogen-bond acceptors (Lipinski definition) is 6. The van der Waals surface area contributed by atoms with Gasteiger partial charge in [0.25, 0.3) is 0 Å². The van der Waals surface area contributed by atoms with Crippen LogP contribution in [0.25, 0.3) is 0 Å². The number of nitrogens with zero attached hydrogens (tertiary/aromatic N) is 2. The van der Waals surface area contributed by atoms with Crippen molar-refractivity contribution in [1.29, 1.82) is 0 Å². The molecule has 0 unspecified atom stereocenters. The van der Waals surface area contributed by atoms with Gasteiger partial charge in [-0.2, -0.15) is 0 Å². The highest BCUT2D eigenvalue weighted by Gasteiger charge is 2.21. The summed E-state index contributed by atoms with van der Waals surface area (Å²) in [6.07, 6.45) is 1.83. The van der Waals surface area contributed by atoms with Crippen LogP contribution in [-0.2, 0) is 19.1 Å². The van der Waals surface area contributed by atoms with Gasteiger partial charge in [-0.3, -0.25) is 9.59 Å².